The fraction of sp³-hybridized carbons (Fsp3) is 0.0588. The zero-order valence-corrected chi connectivity index (χ0v) is 11.1. The third-order valence-corrected chi connectivity index (χ3v) is 3.33. The lowest BCUT2D eigenvalue weighted by atomic mass is 9.98. The van der Waals surface area contributed by atoms with E-state index in [4.69, 9.17) is 0 Å². The summed E-state index contributed by atoms with van der Waals surface area (Å²) in [7, 11) is 0. The van der Waals surface area contributed by atoms with E-state index >= 15 is 0 Å². The summed E-state index contributed by atoms with van der Waals surface area (Å²) in [5.74, 6) is 0. The van der Waals surface area contributed by atoms with E-state index in [1.807, 2.05) is 61.5 Å². The van der Waals surface area contributed by atoms with Crippen molar-refractivity contribution in [3.05, 3.63) is 65.9 Å². The van der Waals surface area contributed by atoms with Crippen LogP contribution in [0.5, 0.6) is 0 Å². The molecule has 0 amide bonds. The molecule has 2 aromatic carbocycles. The molecule has 98 valence electrons. The van der Waals surface area contributed by atoms with Gasteiger partial charge < -0.3 is 0 Å². The predicted octanol–water partition coefficient (Wildman–Crippen LogP) is 3.86. The second-order valence-electron chi connectivity index (χ2n) is 4.68. The van der Waals surface area contributed by atoms with Crippen molar-refractivity contribution in [2.75, 3.05) is 0 Å². The minimum Gasteiger partial charge on any atom is -0.298 e. The standard InChI is InChI=1S/C17H14N2O/c1-12-16(14-9-7-13(11-20)8-10-14)17(19-18-12)15-5-3-2-4-6-15/h2-11H,1H3,(H,18,19). The number of H-pyrrole nitrogens is 1. The molecule has 0 spiro atoms. The van der Waals surface area contributed by atoms with Crippen molar-refractivity contribution < 1.29 is 4.79 Å². The second kappa shape index (κ2) is 5.13. The van der Waals surface area contributed by atoms with Crippen LogP contribution in [0.3, 0.4) is 0 Å². The van der Waals surface area contributed by atoms with Crippen LogP contribution in [0.4, 0.5) is 0 Å². The van der Waals surface area contributed by atoms with Crippen LogP contribution in [0.25, 0.3) is 22.4 Å². The Labute approximate surface area is 117 Å². The number of hydrogen-bond donors (Lipinski definition) is 1. The molecule has 1 aromatic heterocycles. The van der Waals surface area contributed by atoms with Gasteiger partial charge in [0.2, 0.25) is 0 Å². The van der Waals surface area contributed by atoms with Crippen molar-refractivity contribution in [1.29, 1.82) is 0 Å². The first-order chi connectivity index (χ1) is 9.79. The van der Waals surface area contributed by atoms with E-state index in [-0.39, 0.29) is 0 Å². The van der Waals surface area contributed by atoms with E-state index < -0.39 is 0 Å². The average molecular weight is 262 g/mol. The van der Waals surface area contributed by atoms with Gasteiger partial charge in [-0.1, -0.05) is 54.6 Å². The van der Waals surface area contributed by atoms with Crippen LogP contribution in [-0.2, 0) is 0 Å². The van der Waals surface area contributed by atoms with Crippen LogP contribution >= 0.6 is 0 Å². The summed E-state index contributed by atoms with van der Waals surface area (Å²) in [5, 5.41) is 7.45. The van der Waals surface area contributed by atoms with Crippen LogP contribution in [0, 0.1) is 6.92 Å². The number of nitrogens with one attached hydrogen (secondary N) is 1. The molecule has 0 bridgehead atoms. The van der Waals surface area contributed by atoms with Gasteiger partial charge in [-0.3, -0.25) is 9.89 Å². The molecule has 20 heavy (non-hydrogen) atoms. The number of nitrogens with zero attached hydrogens (tertiary/aromatic N) is 1. The smallest absolute Gasteiger partial charge is 0.150 e. The van der Waals surface area contributed by atoms with Gasteiger partial charge in [0.15, 0.2) is 0 Å². The molecule has 0 atom stereocenters. The zero-order chi connectivity index (χ0) is 13.9. The third kappa shape index (κ3) is 2.14. The molecule has 3 rings (SSSR count). The first-order valence-electron chi connectivity index (χ1n) is 6.45. The summed E-state index contributed by atoms with van der Waals surface area (Å²) in [5.41, 5.74) is 5.83. The summed E-state index contributed by atoms with van der Waals surface area (Å²) in [6.07, 6.45) is 0.851. The Morgan fingerprint density at radius 1 is 0.950 bits per heavy atom. The van der Waals surface area contributed by atoms with Crippen LogP contribution < -0.4 is 0 Å². The number of carbonyl (C=O) groups excluding carboxylic acids is 1. The van der Waals surface area contributed by atoms with Gasteiger partial charge in [-0.15, -0.1) is 0 Å². The van der Waals surface area contributed by atoms with E-state index in [1.54, 1.807) is 0 Å². The maximum atomic E-state index is 10.7. The molecule has 0 saturated carbocycles. The Morgan fingerprint density at radius 3 is 2.30 bits per heavy atom. The van der Waals surface area contributed by atoms with Gasteiger partial charge in [0, 0.05) is 22.4 Å². The highest BCUT2D eigenvalue weighted by molar-refractivity contribution is 5.84. The van der Waals surface area contributed by atoms with Gasteiger partial charge in [-0.25, -0.2) is 0 Å². The molecule has 0 aliphatic heterocycles. The lowest BCUT2D eigenvalue weighted by molar-refractivity contribution is 0.112. The third-order valence-electron chi connectivity index (χ3n) is 3.33. The Kier molecular flexibility index (Phi) is 3.17. The van der Waals surface area contributed by atoms with Gasteiger partial charge in [0.25, 0.3) is 0 Å². The fourth-order valence-electron chi connectivity index (χ4n) is 2.32. The van der Waals surface area contributed by atoms with Crippen molar-refractivity contribution in [1.82, 2.24) is 10.2 Å². The van der Waals surface area contributed by atoms with Crippen molar-refractivity contribution in [3.63, 3.8) is 0 Å². The molecule has 1 N–H and O–H groups in total. The maximum Gasteiger partial charge on any atom is 0.150 e. The molecule has 0 radical (unpaired) electrons. The highest BCUT2D eigenvalue weighted by Gasteiger charge is 2.13. The summed E-state index contributed by atoms with van der Waals surface area (Å²) in [6.45, 7) is 2.00. The number of aryl methyl sites for hydroxylation is 1. The molecular weight excluding hydrogens is 248 g/mol. The summed E-state index contributed by atoms with van der Waals surface area (Å²) in [4.78, 5) is 10.7. The monoisotopic (exact) mass is 262 g/mol. The van der Waals surface area contributed by atoms with Gasteiger partial charge in [-0.05, 0) is 12.5 Å². The van der Waals surface area contributed by atoms with E-state index in [0.29, 0.717) is 5.56 Å². The Bertz CT molecular complexity index is 727. The molecule has 0 aliphatic carbocycles. The summed E-state index contributed by atoms with van der Waals surface area (Å²) in [6, 6.07) is 17.6. The number of carbonyl (C=O) groups is 1. The van der Waals surface area contributed by atoms with Crippen LogP contribution in [0.15, 0.2) is 54.6 Å². The molecule has 0 aliphatic rings. The fourth-order valence-corrected chi connectivity index (χ4v) is 2.32. The minimum absolute atomic E-state index is 0.677. The SMILES string of the molecule is Cc1[nH]nc(-c2ccccc2)c1-c1ccc(C=O)cc1. The van der Waals surface area contributed by atoms with Crippen molar-refractivity contribution in [2.24, 2.45) is 0 Å². The quantitative estimate of drug-likeness (QED) is 0.728. The summed E-state index contributed by atoms with van der Waals surface area (Å²) >= 11 is 0. The van der Waals surface area contributed by atoms with Crippen LogP contribution in [0.1, 0.15) is 16.1 Å². The topological polar surface area (TPSA) is 45.8 Å². The number of benzene rings is 2. The number of rotatable bonds is 3. The summed E-state index contributed by atoms with van der Waals surface area (Å²) < 4.78 is 0. The van der Waals surface area contributed by atoms with E-state index in [1.165, 1.54) is 0 Å². The number of aromatic nitrogens is 2. The maximum absolute atomic E-state index is 10.7. The highest BCUT2D eigenvalue weighted by Crippen LogP contribution is 2.32. The predicted molar refractivity (Wildman–Crippen MR) is 79.6 cm³/mol. The minimum atomic E-state index is 0.677. The Morgan fingerprint density at radius 2 is 1.65 bits per heavy atom. The molecule has 3 aromatic rings. The molecule has 3 heteroatoms. The van der Waals surface area contributed by atoms with Gasteiger partial charge >= 0.3 is 0 Å². The van der Waals surface area contributed by atoms with Gasteiger partial charge in [0.1, 0.15) is 12.0 Å². The molecule has 1 heterocycles. The first kappa shape index (κ1) is 12.4. The van der Waals surface area contributed by atoms with Crippen LogP contribution in [0.2, 0.25) is 0 Å². The van der Waals surface area contributed by atoms with E-state index in [9.17, 15) is 4.79 Å². The molecule has 0 saturated heterocycles. The van der Waals surface area contributed by atoms with Crippen LogP contribution in [-0.4, -0.2) is 16.5 Å². The normalized spacial score (nSPS) is 10.4. The second-order valence-corrected chi connectivity index (χ2v) is 4.68. The molecule has 0 fully saturated rings. The van der Waals surface area contributed by atoms with Gasteiger partial charge in [-0.2, -0.15) is 5.10 Å². The van der Waals surface area contributed by atoms with E-state index in [0.717, 1.165) is 34.4 Å². The highest BCUT2D eigenvalue weighted by atomic mass is 16.1. The lowest BCUT2D eigenvalue weighted by Crippen LogP contribution is -1.85. The van der Waals surface area contributed by atoms with Gasteiger partial charge in [0.05, 0.1) is 0 Å². The lowest BCUT2D eigenvalue weighted by Gasteiger charge is -2.05. The molecular formula is C17H14N2O. The zero-order valence-electron chi connectivity index (χ0n) is 11.1. The average Bonchev–Trinajstić information content (AvgIpc) is 2.90. The van der Waals surface area contributed by atoms with Crippen molar-refractivity contribution >= 4 is 6.29 Å². The first-order valence-corrected chi connectivity index (χ1v) is 6.45. The Hall–Kier alpha value is -2.68. The molecule has 3 nitrogen and oxygen atoms in total. The largest absolute Gasteiger partial charge is 0.298 e. The number of aldehydes is 1. The van der Waals surface area contributed by atoms with Crippen molar-refractivity contribution in [2.45, 2.75) is 6.92 Å². The van der Waals surface area contributed by atoms with E-state index in [2.05, 4.69) is 10.2 Å². The number of aromatic amines is 1. The molecule has 0 unspecified atom stereocenters. The number of hydrogen-bond acceptors (Lipinski definition) is 2. The van der Waals surface area contributed by atoms with Crippen molar-refractivity contribution in [3.8, 4) is 22.4 Å². The Balaban J connectivity index is 2.13.